The van der Waals surface area contributed by atoms with Crippen LogP contribution in [0.3, 0.4) is 0 Å². The number of rotatable bonds is 9. The zero-order valence-corrected chi connectivity index (χ0v) is 29.2. The van der Waals surface area contributed by atoms with E-state index in [0.29, 0.717) is 0 Å². The molecule has 1 aliphatic heterocycles. The average molecular weight is 840 g/mol. The first-order valence-electron chi connectivity index (χ1n) is 15.0. The molecule has 0 spiro atoms. The number of carbonyl (C=O) groups is 1. The third-order valence-electron chi connectivity index (χ3n) is 7.18. The highest BCUT2D eigenvalue weighted by Crippen LogP contribution is 2.47. The Hall–Kier alpha value is -3.94. The van der Waals surface area contributed by atoms with Gasteiger partial charge < -0.3 is 19.5 Å². The van der Waals surface area contributed by atoms with Crippen molar-refractivity contribution >= 4 is 46.6 Å². The lowest BCUT2D eigenvalue weighted by molar-refractivity contribution is -0.274. The molecule has 0 aliphatic carbocycles. The van der Waals surface area contributed by atoms with Crippen molar-refractivity contribution in [2.75, 3.05) is 23.9 Å². The molecule has 54 heavy (non-hydrogen) atoms. The van der Waals surface area contributed by atoms with Gasteiger partial charge in [-0.2, -0.15) is 39.5 Å². The van der Waals surface area contributed by atoms with Crippen molar-refractivity contribution in [3.63, 3.8) is 0 Å². The standard InChI is InChI=1S/C25H18F9NO3S.C9H6ClF3OS.H2/c26-23(27,28)21(36)12-35-19-9-3-8-18(14-4-1-6-16(10-14)38-24(29,30)31)22(19)37-13-20(35)15-5-2-7-17(11-15)39-25(32,33)34;10-5-8(14)6-2-1-3-7(4-6)15-9(11,12)13;/h1-11,20-21,36H,12-13H2;1-4H,5H2;1H. The molecule has 0 saturated heterocycles. The van der Waals surface area contributed by atoms with E-state index < -0.39 is 59.8 Å². The van der Waals surface area contributed by atoms with Crippen LogP contribution in [0.1, 0.15) is 23.4 Å². The smallest absolute Gasteiger partial charge is 0.488 e. The highest BCUT2D eigenvalue weighted by Gasteiger charge is 2.42. The number of thioether (sulfide) groups is 2. The number of alkyl halides is 13. The number of ether oxygens (including phenoxy) is 2. The second-order valence-electron chi connectivity index (χ2n) is 11.0. The van der Waals surface area contributed by atoms with Crippen molar-refractivity contribution in [3.05, 3.63) is 102 Å². The van der Waals surface area contributed by atoms with Crippen LogP contribution in [0.15, 0.2) is 101 Å². The third kappa shape index (κ3) is 12.6. The van der Waals surface area contributed by atoms with E-state index in [4.69, 9.17) is 16.3 Å². The molecule has 4 aromatic carbocycles. The van der Waals surface area contributed by atoms with Crippen LogP contribution < -0.4 is 14.4 Å². The minimum atomic E-state index is -5.00. The number of aliphatic hydroxyl groups excluding tert-OH is 1. The minimum absolute atomic E-state index is 0. The Kier molecular flexibility index (Phi) is 13.7. The van der Waals surface area contributed by atoms with Gasteiger partial charge in [-0.25, -0.2) is 0 Å². The molecule has 0 radical (unpaired) electrons. The Morgan fingerprint density at radius 2 is 1.43 bits per heavy atom. The van der Waals surface area contributed by atoms with E-state index in [1.54, 1.807) is 0 Å². The van der Waals surface area contributed by atoms with Crippen LogP contribution in [0.25, 0.3) is 11.1 Å². The molecule has 1 aliphatic rings. The molecule has 1 heterocycles. The maximum absolute atomic E-state index is 13.3. The SMILES string of the molecule is O=C(CCl)c1cccc(SC(F)(F)F)c1.OC(CN1c2cccc(-c3cccc(OC(F)(F)F)c3)c2OCC1c1cccc(SC(F)(F)F)c1)C(F)(F)F.[HH]. The second kappa shape index (κ2) is 17.2. The number of ketones is 1. The number of para-hydroxylation sites is 1. The lowest BCUT2D eigenvalue weighted by Gasteiger charge is -2.41. The normalized spacial score (nSPS) is 15.4. The van der Waals surface area contributed by atoms with Gasteiger partial charge in [0.05, 0.1) is 24.2 Å². The second-order valence-corrected chi connectivity index (χ2v) is 13.6. The Bertz CT molecular complexity index is 1910. The predicted molar refractivity (Wildman–Crippen MR) is 180 cm³/mol. The summed E-state index contributed by atoms with van der Waals surface area (Å²) in [6, 6.07) is 18.6. The number of hydrogen-bond donors (Lipinski definition) is 1. The summed E-state index contributed by atoms with van der Waals surface area (Å²) in [5.74, 6) is -1.14. The summed E-state index contributed by atoms with van der Waals surface area (Å²) in [5, 5.41) is 9.88. The minimum Gasteiger partial charge on any atom is -0.488 e. The van der Waals surface area contributed by atoms with Gasteiger partial charge in [0.15, 0.2) is 17.6 Å². The maximum Gasteiger partial charge on any atom is 0.573 e. The predicted octanol–water partition coefficient (Wildman–Crippen LogP) is 11.7. The molecule has 20 heteroatoms. The number of fused-ring (bicyclic) bond motifs is 1. The van der Waals surface area contributed by atoms with Crippen molar-refractivity contribution < 1.29 is 73.5 Å². The first kappa shape index (κ1) is 42.8. The Balaban J connectivity index is 0.000000427. The van der Waals surface area contributed by atoms with Crippen molar-refractivity contribution in [3.8, 4) is 22.6 Å². The van der Waals surface area contributed by atoms with Crippen molar-refractivity contribution in [1.82, 2.24) is 0 Å². The highest BCUT2D eigenvalue weighted by atomic mass is 35.5. The molecule has 4 aromatic rings. The molecule has 294 valence electrons. The number of benzene rings is 4. The Morgan fingerprint density at radius 3 is 2.02 bits per heavy atom. The van der Waals surface area contributed by atoms with Gasteiger partial charge in [-0.3, -0.25) is 4.79 Å². The summed E-state index contributed by atoms with van der Waals surface area (Å²) < 4.78 is 163. The van der Waals surface area contributed by atoms with Gasteiger partial charge in [-0.15, -0.1) is 24.8 Å². The Labute approximate surface area is 313 Å². The molecule has 0 bridgehead atoms. The highest BCUT2D eigenvalue weighted by molar-refractivity contribution is 8.00. The van der Waals surface area contributed by atoms with Crippen molar-refractivity contribution in [1.29, 1.82) is 0 Å². The molecule has 0 saturated carbocycles. The van der Waals surface area contributed by atoms with E-state index in [2.05, 4.69) is 4.74 Å². The van der Waals surface area contributed by atoms with E-state index >= 15 is 0 Å². The van der Waals surface area contributed by atoms with Crippen LogP contribution >= 0.6 is 35.1 Å². The summed E-state index contributed by atoms with van der Waals surface area (Å²) in [5.41, 5.74) is -8.06. The molecule has 0 amide bonds. The van der Waals surface area contributed by atoms with Gasteiger partial charge >= 0.3 is 23.6 Å². The summed E-state index contributed by atoms with van der Waals surface area (Å²) in [4.78, 5) is 12.1. The fraction of sp³-hybridized carbons (Fsp3) is 0.265. The van der Waals surface area contributed by atoms with Crippen LogP contribution in [0.4, 0.5) is 58.4 Å². The molecule has 0 fully saturated rings. The van der Waals surface area contributed by atoms with Gasteiger partial charge in [0, 0.05) is 22.3 Å². The average Bonchev–Trinajstić information content (AvgIpc) is 3.05. The van der Waals surface area contributed by atoms with Gasteiger partial charge in [-0.1, -0.05) is 48.5 Å². The lowest BCUT2D eigenvalue weighted by atomic mass is 9.98. The number of nitrogens with zero attached hydrogens (tertiary/aromatic N) is 1. The topological polar surface area (TPSA) is 59.0 Å². The van der Waals surface area contributed by atoms with Crippen LogP contribution in [-0.4, -0.2) is 59.6 Å². The molecule has 5 nitrogen and oxygen atoms in total. The monoisotopic (exact) mass is 839 g/mol. The first-order chi connectivity index (χ1) is 25.0. The zero-order valence-electron chi connectivity index (χ0n) is 26.8. The molecule has 1 N–H and O–H groups in total. The quantitative estimate of drug-likeness (QED) is 0.0780. The fourth-order valence-electron chi connectivity index (χ4n) is 5.07. The van der Waals surface area contributed by atoms with Crippen molar-refractivity contribution in [2.24, 2.45) is 0 Å². The summed E-state index contributed by atoms with van der Waals surface area (Å²) in [6.45, 7) is -1.31. The van der Waals surface area contributed by atoms with Gasteiger partial charge in [0.1, 0.15) is 12.4 Å². The first-order valence-corrected chi connectivity index (χ1v) is 17.1. The van der Waals surface area contributed by atoms with E-state index in [1.807, 2.05) is 0 Å². The van der Waals surface area contributed by atoms with E-state index in [1.165, 1.54) is 78.9 Å². The van der Waals surface area contributed by atoms with E-state index in [9.17, 15) is 62.6 Å². The molecular weight excluding hydrogens is 814 g/mol. The van der Waals surface area contributed by atoms with Crippen molar-refractivity contribution in [2.45, 2.75) is 45.5 Å². The Morgan fingerprint density at radius 1 is 0.833 bits per heavy atom. The summed E-state index contributed by atoms with van der Waals surface area (Å²) in [7, 11) is 0. The van der Waals surface area contributed by atoms with Crippen LogP contribution in [0, 0.1) is 0 Å². The lowest BCUT2D eigenvalue weighted by Crippen LogP contribution is -2.46. The van der Waals surface area contributed by atoms with E-state index in [-0.39, 0.29) is 74.9 Å². The van der Waals surface area contributed by atoms with Crippen LogP contribution in [-0.2, 0) is 0 Å². The largest absolute Gasteiger partial charge is 0.573 e. The third-order valence-corrected chi connectivity index (χ3v) is 8.86. The van der Waals surface area contributed by atoms with Gasteiger partial charge in [0.25, 0.3) is 0 Å². The zero-order chi connectivity index (χ0) is 40.1. The number of anilines is 1. The number of aliphatic hydroxyl groups is 1. The number of halogens is 13. The molecule has 2 unspecified atom stereocenters. The molecule has 5 rings (SSSR count). The summed E-state index contributed by atoms with van der Waals surface area (Å²) >= 11 is 4.65. The van der Waals surface area contributed by atoms with Gasteiger partial charge in [0.2, 0.25) is 0 Å². The number of β-amino-alcohol motifs (C(OH)–C–C–N with tert-alkyl or cyclic N) is 1. The number of Topliss-reactive ketones (excluding diaryl/α,β-unsaturated/α-hetero) is 1. The molecule has 0 aromatic heterocycles. The molecular formula is C34H26ClF12NO4S2. The van der Waals surface area contributed by atoms with Crippen LogP contribution in [0.5, 0.6) is 11.5 Å². The fourth-order valence-corrected chi connectivity index (χ4v) is 6.43. The van der Waals surface area contributed by atoms with E-state index in [0.717, 1.165) is 17.0 Å². The number of hydrogen-bond acceptors (Lipinski definition) is 7. The van der Waals surface area contributed by atoms with Crippen LogP contribution in [0.2, 0.25) is 0 Å². The number of carbonyl (C=O) groups excluding carboxylic acids is 1. The summed E-state index contributed by atoms with van der Waals surface area (Å²) in [6.07, 6.45) is -12.8. The molecule has 2 atom stereocenters. The maximum atomic E-state index is 13.3. The van der Waals surface area contributed by atoms with Gasteiger partial charge in [-0.05, 0) is 77.1 Å².